The first kappa shape index (κ1) is 18.1. The molecule has 5 nitrogen and oxygen atoms in total. The van der Waals surface area contributed by atoms with Gasteiger partial charge in [-0.1, -0.05) is 19.1 Å². The van der Waals surface area contributed by atoms with E-state index in [1.165, 1.54) is 0 Å². The van der Waals surface area contributed by atoms with Gasteiger partial charge in [0.2, 0.25) is 10.0 Å². The van der Waals surface area contributed by atoms with Crippen molar-refractivity contribution in [3.8, 4) is 0 Å². The molecule has 1 unspecified atom stereocenters. The molecule has 0 aliphatic carbocycles. The van der Waals surface area contributed by atoms with Gasteiger partial charge < -0.3 is 10.1 Å². The summed E-state index contributed by atoms with van der Waals surface area (Å²) in [6.07, 6.45) is 1.73. The monoisotopic (exact) mass is 314 g/mol. The van der Waals surface area contributed by atoms with E-state index < -0.39 is 10.0 Å². The zero-order valence-corrected chi connectivity index (χ0v) is 13.9. The molecule has 0 bridgehead atoms. The molecule has 0 amide bonds. The van der Waals surface area contributed by atoms with Gasteiger partial charge in [0.25, 0.3) is 0 Å². The number of sulfonamides is 1. The summed E-state index contributed by atoms with van der Waals surface area (Å²) in [5.41, 5.74) is 1.08. The number of ether oxygens (including phenoxy) is 1. The van der Waals surface area contributed by atoms with Crippen molar-refractivity contribution in [2.75, 3.05) is 26.8 Å². The zero-order chi connectivity index (χ0) is 15.7. The summed E-state index contributed by atoms with van der Waals surface area (Å²) in [7, 11) is -1.83. The molecule has 1 atom stereocenters. The summed E-state index contributed by atoms with van der Waals surface area (Å²) in [6.45, 7) is 6.06. The summed E-state index contributed by atoms with van der Waals surface area (Å²) in [5, 5.41) is 3.38. The van der Waals surface area contributed by atoms with Gasteiger partial charge in [-0.05, 0) is 44.0 Å². The number of benzene rings is 1. The molecule has 2 N–H and O–H groups in total. The lowest BCUT2D eigenvalue weighted by Crippen LogP contribution is -2.25. The number of hydrogen-bond donors (Lipinski definition) is 2. The minimum Gasteiger partial charge on any atom is -0.385 e. The second-order valence-corrected chi connectivity index (χ2v) is 6.76. The largest absolute Gasteiger partial charge is 0.385 e. The van der Waals surface area contributed by atoms with Gasteiger partial charge in [0.1, 0.15) is 0 Å². The van der Waals surface area contributed by atoms with E-state index in [0.717, 1.165) is 18.5 Å². The van der Waals surface area contributed by atoms with Crippen molar-refractivity contribution in [2.45, 2.75) is 37.6 Å². The van der Waals surface area contributed by atoms with Crippen LogP contribution in [0.1, 0.15) is 38.3 Å². The molecular weight excluding hydrogens is 288 g/mol. The van der Waals surface area contributed by atoms with E-state index in [2.05, 4.69) is 23.9 Å². The average Bonchev–Trinajstić information content (AvgIpc) is 2.49. The van der Waals surface area contributed by atoms with E-state index in [1.807, 2.05) is 12.1 Å². The van der Waals surface area contributed by atoms with E-state index in [0.29, 0.717) is 24.5 Å². The highest BCUT2D eigenvalue weighted by atomic mass is 32.2. The molecule has 0 radical (unpaired) electrons. The maximum Gasteiger partial charge on any atom is 0.240 e. The van der Waals surface area contributed by atoms with Gasteiger partial charge in [-0.3, -0.25) is 0 Å². The standard InChI is InChI=1S/C15H26N2O3S/c1-4-10-16-13(2)14-6-8-15(9-7-14)21(18,19)17-11-5-12-20-3/h6-9,13,16-17H,4-5,10-12H2,1-3H3. The van der Waals surface area contributed by atoms with Crippen LogP contribution in [0.4, 0.5) is 0 Å². The predicted molar refractivity (Wildman–Crippen MR) is 84.8 cm³/mol. The Bertz CT molecular complexity index is 500. The minimum absolute atomic E-state index is 0.219. The molecule has 0 saturated carbocycles. The van der Waals surface area contributed by atoms with Gasteiger partial charge in [-0.15, -0.1) is 0 Å². The van der Waals surface area contributed by atoms with Crippen LogP contribution in [-0.2, 0) is 14.8 Å². The Morgan fingerprint density at radius 1 is 1.19 bits per heavy atom. The first-order valence-corrected chi connectivity index (χ1v) is 8.81. The Labute approximate surface area is 128 Å². The van der Waals surface area contributed by atoms with Crippen molar-refractivity contribution in [3.05, 3.63) is 29.8 Å². The van der Waals surface area contributed by atoms with Gasteiger partial charge in [0, 0.05) is 26.3 Å². The summed E-state index contributed by atoms with van der Waals surface area (Å²) < 4.78 is 31.6. The van der Waals surface area contributed by atoms with E-state index >= 15 is 0 Å². The van der Waals surface area contributed by atoms with Crippen molar-refractivity contribution in [2.24, 2.45) is 0 Å². The quantitative estimate of drug-likeness (QED) is 0.649. The van der Waals surface area contributed by atoms with Crippen LogP contribution in [0.25, 0.3) is 0 Å². The number of methoxy groups -OCH3 is 1. The third kappa shape index (κ3) is 6.13. The summed E-state index contributed by atoms with van der Waals surface area (Å²) in [4.78, 5) is 0.298. The number of nitrogens with one attached hydrogen (secondary N) is 2. The molecule has 0 saturated heterocycles. The Kier molecular flexibility index (Phi) is 7.88. The maximum absolute atomic E-state index is 12.1. The van der Waals surface area contributed by atoms with E-state index in [1.54, 1.807) is 19.2 Å². The normalized spacial score (nSPS) is 13.3. The fourth-order valence-corrected chi connectivity index (χ4v) is 2.99. The third-order valence-corrected chi connectivity index (χ3v) is 4.69. The average molecular weight is 314 g/mol. The highest BCUT2D eigenvalue weighted by molar-refractivity contribution is 7.89. The first-order valence-electron chi connectivity index (χ1n) is 7.33. The molecule has 1 aromatic carbocycles. The van der Waals surface area contributed by atoms with Crippen LogP contribution in [-0.4, -0.2) is 35.2 Å². The zero-order valence-electron chi connectivity index (χ0n) is 13.1. The van der Waals surface area contributed by atoms with Crippen molar-refractivity contribution in [3.63, 3.8) is 0 Å². The Morgan fingerprint density at radius 2 is 1.86 bits per heavy atom. The lowest BCUT2D eigenvalue weighted by atomic mass is 10.1. The smallest absolute Gasteiger partial charge is 0.240 e. The van der Waals surface area contributed by atoms with E-state index in [-0.39, 0.29) is 6.04 Å². The minimum atomic E-state index is -3.43. The first-order chi connectivity index (χ1) is 10.0. The second kappa shape index (κ2) is 9.15. The van der Waals surface area contributed by atoms with Crippen LogP contribution in [0.3, 0.4) is 0 Å². The van der Waals surface area contributed by atoms with E-state index in [9.17, 15) is 8.42 Å². The SMILES string of the molecule is CCCNC(C)c1ccc(S(=O)(=O)NCCCOC)cc1. The maximum atomic E-state index is 12.1. The molecule has 1 rings (SSSR count). The van der Waals surface area contributed by atoms with Crippen LogP contribution < -0.4 is 10.0 Å². The molecule has 120 valence electrons. The Hall–Kier alpha value is -0.950. The number of rotatable bonds is 10. The van der Waals surface area contributed by atoms with Crippen molar-refractivity contribution in [1.29, 1.82) is 0 Å². The molecule has 0 aromatic heterocycles. The lowest BCUT2D eigenvalue weighted by molar-refractivity contribution is 0.196. The van der Waals surface area contributed by atoms with Crippen LogP contribution in [0.15, 0.2) is 29.2 Å². The van der Waals surface area contributed by atoms with E-state index in [4.69, 9.17) is 4.74 Å². The van der Waals surface area contributed by atoms with Crippen molar-refractivity contribution < 1.29 is 13.2 Å². The number of hydrogen-bond acceptors (Lipinski definition) is 4. The van der Waals surface area contributed by atoms with Crippen molar-refractivity contribution >= 4 is 10.0 Å². The van der Waals surface area contributed by atoms with Crippen LogP contribution in [0.2, 0.25) is 0 Å². The predicted octanol–water partition coefficient (Wildman–Crippen LogP) is 2.06. The lowest BCUT2D eigenvalue weighted by Gasteiger charge is -2.14. The van der Waals surface area contributed by atoms with Crippen LogP contribution in [0.5, 0.6) is 0 Å². The molecule has 0 heterocycles. The van der Waals surface area contributed by atoms with Crippen LogP contribution >= 0.6 is 0 Å². The summed E-state index contributed by atoms with van der Waals surface area (Å²) in [6, 6.07) is 7.24. The molecule has 1 aromatic rings. The summed E-state index contributed by atoms with van der Waals surface area (Å²) >= 11 is 0. The van der Waals surface area contributed by atoms with Crippen LogP contribution in [0, 0.1) is 0 Å². The summed E-state index contributed by atoms with van der Waals surface area (Å²) in [5.74, 6) is 0. The Morgan fingerprint density at radius 3 is 2.43 bits per heavy atom. The van der Waals surface area contributed by atoms with Gasteiger partial charge in [0.15, 0.2) is 0 Å². The molecule has 0 fully saturated rings. The molecule has 0 spiro atoms. The van der Waals surface area contributed by atoms with Gasteiger partial charge in [-0.25, -0.2) is 13.1 Å². The fraction of sp³-hybridized carbons (Fsp3) is 0.600. The second-order valence-electron chi connectivity index (χ2n) is 4.99. The topological polar surface area (TPSA) is 67.4 Å². The highest BCUT2D eigenvalue weighted by Gasteiger charge is 2.13. The Balaban J connectivity index is 2.63. The molecule has 0 aliphatic rings. The molecule has 6 heteroatoms. The van der Waals surface area contributed by atoms with Gasteiger partial charge >= 0.3 is 0 Å². The highest BCUT2D eigenvalue weighted by Crippen LogP contribution is 2.16. The van der Waals surface area contributed by atoms with Gasteiger partial charge in [-0.2, -0.15) is 0 Å². The third-order valence-electron chi connectivity index (χ3n) is 3.21. The van der Waals surface area contributed by atoms with Crippen molar-refractivity contribution in [1.82, 2.24) is 10.0 Å². The molecule has 0 aliphatic heterocycles. The van der Waals surface area contributed by atoms with Gasteiger partial charge in [0.05, 0.1) is 4.90 Å². The molecule has 21 heavy (non-hydrogen) atoms. The fourth-order valence-electron chi connectivity index (χ4n) is 1.92. The molecular formula is C15H26N2O3S.